The molecule has 0 saturated carbocycles. The SMILES string of the molecule is C=C.C=CCC(C=C)C(CN)Cc1ccccc1. The van der Waals surface area contributed by atoms with Gasteiger partial charge in [-0.3, -0.25) is 0 Å². The van der Waals surface area contributed by atoms with Gasteiger partial charge in [-0.2, -0.15) is 0 Å². The van der Waals surface area contributed by atoms with Gasteiger partial charge in [0.25, 0.3) is 0 Å². The van der Waals surface area contributed by atoms with E-state index < -0.39 is 0 Å². The molecule has 1 nitrogen and oxygen atoms in total. The van der Waals surface area contributed by atoms with Crippen molar-refractivity contribution in [3.05, 3.63) is 74.4 Å². The van der Waals surface area contributed by atoms with E-state index in [4.69, 9.17) is 5.73 Å². The second-order valence-electron chi connectivity index (χ2n) is 4.11. The molecule has 2 atom stereocenters. The zero-order chi connectivity index (χ0) is 13.8. The normalized spacial score (nSPS) is 12.7. The summed E-state index contributed by atoms with van der Waals surface area (Å²) in [5.41, 5.74) is 7.19. The van der Waals surface area contributed by atoms with E-state index in [1.54, 1.807) is 0 Å². The van der Waals surface area contributed by atoms with Crippen LogP contribution in [-0.2, 0) is 6.42 Å². The Balaban J connectivity index is 0.00000137. The van der Waals surface area contributed by atoms with Crippen LogP contribution in [0.15, 0.2) is 68.8 Å². The second-order valence-corrected chi connectivity index (χ2v) is 4.11. The standard InChI is InChI=1S/C15H21N.C2H4/c1-3-8-14(4-2)15(12-16)11-13-9-6-5-7-10-13;1-2/h3-7,9-10,14-15H,1-2,8,11-12,16H2;1-2H2. The van der Waals surface area contributed by atoms with Crippen molar-refractivity contribution in [1.29, 1.82) is 0 Å². The Kier molecular flexibility index (Phi) is 9.61. The predicted octanol–water partition coefficient (Wildman–Crippen LogP) is 3.98. The summed E-state index contributed by atoms with van der Waals surface area (Å²) in [6, 6.07) is 10.5. The zero-order valence-electron chi connectivity index (χ0n) is 11.2. The van der Waals surface area contributed by atoms with Crippen LogP contribution in [0.2, 0.25) is 0 Å². The number of hydrogen-bond donors (Lipinski definition) is 1. The van der Waals surface area contributed by atoms with E-state index in [0.717, 1.165) is 12.8 Å². The predicted molar refractivity (Wildman–Crippen MR) is 82.4 cm³/mol. The molecule has 2 unspecified atom stereocenters. The Labute approximate surface area is 112 Å². The lowest BCUT2D eigenvalue weighted by Gasteiger charge is -2.22. The van der Waals surface area contributed by atoms with Gasteiger partial charge in [0, 0.05) is 0 Å². The number of nitrogens with two attached hydrogens (primary N) is 1. The van der Waals surface area contributed by atoms with E-state index in [2.05, 4.69) is 50.6 Å². The lowest BCUT2D eigenvalue weighted by molar-refractivity contribution is 0.404. The first kappa shape index (κ1) is 16.4. The summed E-state index contributed by atoms with van der Waals surface area (Å²) in [5.74, 6) is 0.889. The molecule has 0 heterocycles. The molecule has 0 bridgehead atoms. The second kappa shape index (κ2) is 10.5. The minimum Gasteiger partial charge on any atom is -0.330 e. The molecule has 0 radical (unpaired) electrons. The maximum atomic E-state index is 5.85. The molecule has 1 rings (SSSR count). The van der Waals surface area contributed by atoms with E-state index in [1.165, 1.54) is 5.56 Å². The van der Waals surface area contributed by atoms with Crippen LogP contribution in [0.5, 0.6) is 0 Å². The summed E-state index contributed by atoms with van der Waals surface area (Å²) in [6.07, 6.45) is 5.92. The van der Waals surface area contributed by atoms with Crippen LogP contribution in [0.25, 0.3) is 0 Å². The molecule has 1 heteroatoms. The van der Waals surface area contributed by atoms with Gasteiger partial charge < -0.3 is 5.73 Å². The minimum absolute atomic E-state index is 0.433. The van der Waals surface area contributed by atoms with Crippen molar-refractivity contribution < 1.29 is 0 Å². The first-order chi connectivity index (χ1) is 8.81. The summed E-state index contributed by atoms with van der Waals surface area (Å²) in [4.78, 5) is 0. The van der Waals surface area contributed by atoms with Gasteiger partial charge in [-0.05, 0) is 36.8 Å². The third kappa shape index (κ3) is 5.65. The molecule has 0 saturated heterocycles. The van der Waals surface area contributed by atoms with Crippen molar-refractivity contribution in [3.63, 3.8) is 0 Å². The minimum atomic E-state index is 0.433. The number of benzene rings is 1. The Morgan fingerprint density at radius 2 is 1.72 bits per heavy atom. The van der Waals surface area contributed by atoms with Crippen molar-refractivity contribution in [3.8, 4) is 0 Å². The first-order valence-electron chi connectivity index (χ1n) is 6.29. The largest absolute Gasteiger partial charge is 0.330 e. The molecule has 1 aromatic rings. The summed E-state index contributed by atoms with van der Waals surface area (Å²) in [5, 5.41) is 0. The quantitative estimate of drug-likeness (QED) is 0.720. The van der Waals surface area contributed by atoms with Gasteiger partial charge in [0.1, 0.15) is 0 Å². The molecule has 0 amide bonds. The fraction of sp³-hybridized carbons (Fsp3) is 0.294. The maximum absolute atomic E-state index is 5.85. The molecule has 18 heavy (non-hydrogen) atoms. The molecule has 0 fully saturated rings. The highest BCUT2D eigenvalue weighted by atomic mass is 14.6. The average molecular weight is 243 g/mol. The van der Waals surface area contributed by atoms with Gasteiger partial charge in [-0.15, -0.1) is 26.3 Å². The van der Waals surface area contributed by atoms with E-state index in [1.807, 2.05) is 18.2 Å². The van der Waals surface area contributed by atoms with Crippen molar-refractivity contribution in [2.45, 2.75) is 12.8 Å². The van der Waals surface area contributed by atoms with Crippen molar-refractivity contribution in [1.82, 2.24) is 0 Å². The molecule has 1 aromatic carbocycles. The van der Waals surface area contributed by atoms with Crippen LogP contribution >= 0.6 is 0 Å². The molecule has 0 aliphatic carbocycles. The van der Waals surface area contributed by atoms with Gasteiger partial charge in [0.05, 0.1) is 0 Å². The van der Waals surface area contributed by atoms with Crippen LogP contribution in [-0.4, -0.2) is 6.54 Å². The highest BCUT2D eigenvalue weighted by Gasteiger charge is 2.16. The Morgan fingerprint density at radius 3 is 2.17 bits per heavy atom. The van der Waals surface area contributed by atoms with E-state index in [-0.39, 0.29) is 0 Å². The van der Waals surface area contributed by atoms with Gasteiger partial charge >= 0.3 is 0 Å². The molecule has 0 spiro atoms. The maximum Gasteiger partial charge on any atom is -0.00399 e. The van der Waals surface area contributed by atoms with Crippen LogP contribution in [0.1, 0.15) is 12.0 Å². The van der Waals surface area contributed by atoms with Crippen LogP contribution < -0.4 is 5.73 Å². The van der Waals surface area contributed by atoms with Gasteiger partial charge in [-0.25, -0.2) is 0 Å². The number of allylic oxidation sites excluding steroid dienone is 2. The molecule has 0 aliphatic rings. The van der Waals surface area contributed by atoms with Crippen molar-refractivity contribution in [2.24, 2.45) is 17.6 Å². The van der Waals surface area contributed by atoms with Crippen LogP contribution in [0.4, 0.5) is 0 Å². The molecular formula is C17H25N. The lowest BCUT2D eigenvalue weighted by atomic mass is 9.85. The lowest BCUT2D eigenvalue weighted by Crippen LogP contribution is -2.24. The molecule has 2 N–H and O–H groups in total. The van der Waals surface area contributed by atoms with E-state index >= 15 is 0 Å². The fourth-order valence-electron chi connectivity index (χ4n) is 2.00. The molecule has 98 valence electrons. The average Bonchev–Trinajstić information content (AvgIpc) is 2.46. The highest BCUT2D eigenvalue weighted by Crippen LogP contribution is 2.21. The Morgan fingerprint density at radius 1 is 1.11 bits per heavy atom. The zero-order valence-corrected chi connectivity index (χ0v) is 11.2. The van der Waals surface area contributed by atoms with E-state index in [0.29, 0.717) is 18.4 Å². The van der Waals surface area contributed by atoms with Crippen molar-refractivity contribution >= 4 is 0 Å². The molecule has 0 aromatic heterocycles. The smallest absolute Gasteiger partial charge is 0.00399 e. The van der Waals surface area contributed by atoms with E-state index in [9.17, 15) is 0 Å². The molecule has 0 aliphatic heterocycles. The third-order valence-electron chi connectivity index (χ3n) is 2.99. The topological polar surface area (TPSA) is 26.0 Å². The summed E-state index contributed by atoms with van der Waals surface area (Å²) in [7, 11) is 0. The summed E-state index contributed by atoms with van der Waals surface area (Å²) in [6.45, 7) is 14.4. The van der Waals surface area contributed by atoms with Gasteiger partial charge in [0.2, 0.25) is 0 Å². The van der Waals surface area contributed by atoms with Crippen LogP contribution in [0, 0.1) is 11.8 Å². The Hall–Kier alpha value is -1.60. The molecular weight excluding hydrogens is 218 g/mol. The summed E-state index contributed by atoms with van der Waals surface area (Å²) < 4.78 is 0. The number of hydrogen-bond acceptors (Lipinski definition) is 1. The van der Waals surface area contributed by atoms with Gasteiger partial charge in [-0.1, -0.05) is 42.5 Å². The fourth-order valence-corrected chi connectivity index (χ4v) is 2.00. The van der Waals surface area contributed by atoms with Crippen molar-refractivity contribution in [2.75, 3.05) is 6.54 Å². The first-order valence-corrected chi connectivity index (χ1v) is 6.29. The monoisotopic (exact) mass is 243 g/mol. The summed E-state index contributed by atoms with van der Waals surface area (Å²) >= 11 is 0. The van der Waals surface area contributed by atoms with Gasteiger partial charge in [0.15, 0.2) is 0 Å². The number of rotatable bonds is 7. The highest BCUT2D eigenvalue weighted by molar-refractivity contribution is 5.16. The van der Waals surface area contributed by atoms with Crippen LogP contribution in [0.3, 0.4) is 0 Å². The third-order valence-corrected chi connectivity index (χ3v) is 2.99. The Bertz CT molecular complexity index is 329.